The van der Waals surface area contributed by atoms with Crippen LogP contribution in [0, 0.1) is 5.82 Å². The Bertz CT molecular complexity index is 1160. The molecule has 1 fully saturated rings. The van der Waals surface area contributed by atoms with Gasteiger partial charge in [0, 0.05) is 6.04 Å². The van der Waals surface area contributed by atoms with Gasteiger partial charge in [-0.15, -0.1) is 0 Å². The van der Waals surface area contributed by atoms with Gasteiger partial charge in [-0.3, -0.25) is 9.13 Å². The predicted molar refractivity (Wildman–Crippen MR) is 107 cm³/mol. The van der Waals surface area contributed by atoms with Crippen molar-refractivity contribution in [3.05, 3.63) is 63.8 Å². The van der Waals surface area contributed by atoms with Crippen molar-refractivity contribution in [3.63, 3.8) is 0 Å². The number of alkyl halides is 3. The number of hydrogen-bond donors (Lipinski definition) is 1. The number of aliphatic hydroxyl groups excluding tert-OH is 1. The Morgan fingerprint density at radius 3 is 2.39 bits per heavy atom. The summed E-state index contributed by atoms with van der Waals surface area (Å²) in [5.41, 5.74) is -0.343. The van der Waals surface area contributed by atoms with E-state index in [-0.39, 0.29) is 23.9 Å². The number of halogens is 4. The van der Waals surface area contributed by atoms with Crippen LogP contribution in [0.1, 0.15) is 42.9 Å². The molecule has 3 aromatic rings. The molecule has 0 unspecified atom stereocenters. The fourth-order valence-electron chi connectivity index (χ4n) is 4.27. The first-order valence-electron chi connectivity index (χ1n) is 10.0. The minimum atomic E-state index is -4.56. The second-order valence-corrected chi connectivity index (χ2v) is 7.87. The number of fused-ring (bicyclic) bond motifs is 1. The molecule has 0 atom stereocenters. The molecule has 0 saturated heterocycles. The third-order valence-electron chi connectivity index (χ3n) is 5.88. The van der Waals surface area contributed by atoms with E-state index in [1.54, 1.807) is 6.07 Å². The van der Waals surface area contributed by atoms with E-state index in [0.717, 1.165) is 12.1 Å². The van der Waals surface area contributed by atoms with Crippen LogP contribution in [0.2, 0.25) is 0 Å². The lowest BCUT2D eigenvalue weighted by atomic mass is 9.93. The zero-order valence-corrected chi connectivity index (χ0v) is 16.8. The molecule has 1 N–H and O–H groups in total. The zero-order chi connectivity index (χ0) is 22.3. The van der Waals surface area contributed by atoms with E-state index in [0.29, 0.717) is 36.8 Å². The summed E-state index contributed by atoms with van der Waals surface area (Å²) < 4.78 is 61.8. The van der Waals surface area contributed by atoms with E-state index in [2.05, 4.69) is 0 Å². The average Bonchev–Trinajstić information content (AvgIpc) is 2.99. The molecular weight excluding hydrogens is 416 g/mol. The molecular formula is C22H22F4N2O3. The molecule has 0 aliphatic heterocycles. The first-order valence-corrected chi connectivity index (χ1v) is 10.0. The molecule has 2 aromatic carbocycles. The van der Waals surface area contributed by atoms with Crippen molar-refractivity contribution in [2.75, 3.05) is 7.11 Å². The standard InChI is InChI=1S/C22H22F4N2O3/c1-31-20-9-2-13(10-17(20)23)12-27-19-11-14(22(24,25)26)3-8-18(19)28(21(27)30)15-4-6-16(29)7-5-15/h2-3,8-11,15-16,29H,4-7,12H2,1H3. The molecule has 0 amide bonds. The molecule has 166 valence electrons. The molecule has 0 spiro atoms. The van der Waals surface area contributed by atoms with Gasteiger partial charge in [-0.25, -0.2) is 9.18 Å². The summed E-state index contributed by atoms with van der Waals surface area (Å²) in [4.78, 5) is 13.3. The highest BCUT2D eigenvalue weighted by atomic mass is 19.4. The van der Waals surface area contributed by atoms with Crippen LogP contribution in [0.15, 0.2) is 41.2 Å². The number of aliphatic hydroxyl groups is 1. The lowest BCUT2D eigenvalue weighted by Gasteiger charge is -2.26. The van der Waals surface area contributed by atoms with Crippen molar-refractivity contribution in [2.45, 2.75) is 50.6 Å². The number of hydrogen-bond acceptors (Lipinski definition) is 3. The molecule has 4 rings (SSSR count). The fraction of sp³-hybridized carbons (Fsp3) is 0.409. The summed E-state index contributed by atoms with van der Waals surface area (Å²) in [5, 5.41) is 9.79. The highest BCUT2D eigenvalue weighted by molar-refractivity contribution is 5.77. The van der Waals surface area contributed by atoms with Crippen LogP contribution >= 0.6 is 0 Å². The number of nitrogens with zero attached hydrogens (tertiary/aromatic N) is 2. The van der Waals surface area contributed by atoms with Crippen LogP contribution in [0.3, 0.4) is 0 Å². The molecule has 31 heavy (non-hydrogen) atoms. The van der Waals surface area contributed by atoms with Crippen molar-refractivity contribution in [1.29, 1.82) is 0 Å². The zero-order valence-electron chi connectivity index (χ0n) is 16.8. The van der Waals surface area contributed by atoms with E-state index in [9.17, 15) is 27.5 Å². The maximum absolute atomic E-state index is 14.1. The number of benzene rings is 2. The van der Waals surface area contributed by atoms with E-state index in [1.165, 1.54) is 34.4 Å². The van der Waals surface area contributed by atoms with Crippen LogP contribution in [0.25, 0.3) is 11.0 Å². The highest BCUT2D eigenvalue weighted by Crippen LogP contribution is 2.34. The molecule has 9 heteroatoms. The van der Waals surface area contributed by atoms with E-state index < -0.39 is 29.4 Å². The maximum Gasteiger partial charge on any atom is 0.416 e. The normalized spacial score (nSPS) is 19.7. The van der Waals surface area contributed by atoms with Crippen LogP contribution in [-0.2, 0) is 12.7 Å². The van der Waals surface area contributed by atoms with Crippen molar-refractivity contribution >= 4 is 11.0 Å². The molecule has 1 aromatic heterocycles. The van der Waals surface area contributed by atoms with Gasteiger partial charge in [-0.2, -0.15) is 13.2 Å². The number of imidazole rings is 1. The first-order chi connectivity index (χ1) is 14.7. The molecule has 1 aliphatic carbocycles. The van der Waals surface area contributed by atoms with Crippen LogP contribution in [-0.4, -0.2) is 27.5 Å². The SMILES string of the molecule is COc1ccc(Cn2c(=O)n(C3CCC(O)CC3)c3ccc(C(F)(F)F)cc32)cc1F. The van der Waals surface area contributed by atoms with Crippen LogP contribution in [0.4, 0.5) is 17.6 Å². The van der Waals surface area contributed by atoms with Crippen molar-refractivity contribution < 1.29 is 27.4 Å². The second kappa shape index (κ2) is 8.03. The number of methoxy groups -OCH3 is 1. The van der Waals surface area contributed by atoms with E-state index >= 15 is 0 Å². The van der Waals surface area contributed by atoms with Gasteiger partial charge in [0.05, 0.1) is 36.4 Å². The van der Waals surface area contributed by atoms with Crippen molar-refractivity contribution in [2.24, 2.45) is 0 Å². The summed E-state index contributed by atoms with van der Waals surface area (Å²) in [5.74, 6) is -0.576. The third-order valence-corrected chi connectivity index (χ3v) is 5.88. The summed E-state index contributed by atoms with van der Waals surface area (Å²) in [6, 6.07) is 7.22. The Morgan fingerprint density at radius 2 is 1.77 bits per heavy atom. The summed E-state index contributed by atoms with van der Waals surface area (Å²) in [7, 11) is 1.33. The van der Waals surface area contributed by atoms with Crippen LogP contribution < -0.4 is 10.4 Å². The Kier molecular flexibility index (Phi) is 5.55. The average molecular weight is 438 g/mol. The molecule has 1 aliphatic rings. The predicted octanol–water partition coefficient (Wildman–Crippen LogP) is 4.49. The molecule has 5 nitrogen and oxygen atoms in total. The molecule has 0 radical (unpaired) electrons. The lowest BCUT2D eigenvalue weighted by Crippen LogP contribution is -2.31. The van der Waals surface area contributed by atoms with Gasteiger partial charge >= 0.3 is 11.9 Å². The first kappa shape index (κ1) is 21.4. The summed E-state index contributed by atoms with van der Waals surface area (Å²) >= 11 is 0. The van der Waals surface area contributed by atoms with Crippen molar-refractivity contribution in [1.82, 2.24) is 9.13 Å². The molecule has 1 heterocycles. The topological polar surface area (TPSA) is 56.4 Å². The highest BCUT2D eigenvalue weighted by Gasteiger charge is 2.32. The Morgan fingerprint density at radius 1 is 1.06 bits per heavy atom. The molecule has 1 saturated carbocycles. The quantitative estimate of drug-likeness (QED) is 0.611. The van der Waals surface area contributed by atoms with Gasteiger partial charge in [0.2, 0.25) is 0 Å². The van der Waals surface area contributed by atoms with Gasteiger partial charge in [-0.1, -0.05) is 6.07 Å². The second-order valence-electron chi connectivity index (χ2n) is 7.87. The van der Waals surface area contributed by atoms with E-state index in [1.807, 2.05) is 0 Å². The summed E-state index contributed by atoms with van der Waals surface area (Å²) in [6.45, 7) is -0.0834. The van der Waals surface area contributed by atoms with Gasteiger partial charge in [0.15, 0.2) is 11.6 Å². The fourth-order valence-corrected chi connectivity index (χ4v) is 4.27. The number of ether oxygens (including phenoxy) is 1. The largest absolute Gasteiger partial charge is 0.494 e. The Hall–Kier alpha value is -2.81. The number of aromatic nitrogens is 2. The van der Waals surface area contributed by atoms with Gasteiger partial charge in [-0.05, 0) is 61.6 Å². The van der Waals surface area contributed by atoms with E-state index in [4.69, 9.17) is 4.74 Å². The van der Waals surface area contributed by atoms with Gasteiger partial charge in [0.1, 0.15) is 0 Å². The summed E-state index contributed by atoms with van der Waals surface area (Å²) in [6.07, 6.45) is -2.84. The molecule has 0 bridgehead atoms. The Labute approximate surface area is 175 Å². The number of rotatable bonds is 4. The van der Waals surface area contributed by atoms with Gasteiger partial charge in [0.25, 0.3) is 0 Å². The monoisotopic (exact) mass is 438 g/mol. The third kappa shape index (κ3) is 4.06. The Balaban J connectivity index is 1.85. The van der Waals surface area contributed by atoms with Crippen LogP contribution in [0.5, 0.6) is 5.75 Å². The maximum atomic E-state index is 14.1. The lowest BCUT2D eigenvalue weighted by molar-refractivity contribution is -0.137. The minimum Gasteiger partial charge on any atom is -0.494 e. The van der Waals surface area contributed by atoms with Crippen molar-refractivity contribution in [3.8, 4) is 5.75 Å². The minimum absolute atomic E-state index is 0.0404. The smallest absolute Gasteiger partial charge is 0.416 e. The van der Waals surface area contributed by atoms with Gasteiger partial charge < -0.3 is 9.84 Å².